The lowest BCUT2D eigenvalue weighted by Gasteiger charge is -2.11. The second-order valence-corrected chi connectivity index (χ2v) is 3.22. The zero-order valence-corrected chi connectivity index (χ0v) is 10.6. The second-order valence-electron chi connectivity index (χ2n) is 3.22. The number of carboxylic acids is 2. The Balaban J connectivity index is 3.79. The van der Waals surface area contributed by atoms with Crippen molar-refractivity contribution in [2.75, 3.05) is 33.5 Å². The zero-order valence-electron chi connectivity index (χ0n) is 10.6. The number of aliphatic carboxylic acids is 2. The van der Waals surface area contributed by atoms with Crippen molar-refractivity contribution in [3.8, 4) is 0 Å². The summed E-state index contributed by atoms with van der Waals surface area (Å²) >= 11 is 0. The van der Waals surface area contributed by atoms with E-state index < -0.39 is 43.2 Å². The van der Waals surface area contributed by atoms with Crippen LogP contribution in [0.2, 0.25) is 0 Å². The Bertz CT molecular complexity index is 363. The van der Waals surface area contributed by atoms with Crippen LogP contribution in [0, 0.1) is 0 Å². The van der Waals surface area contributed by atoms with Crippen LogP contribution in [0.3, 0.4) is 0 Å². The van der Waals surface area contributed by atoms with Gasteiger partial charge in [0, 0.05) is 0 Å². The van der Waals surface area contributed by atoms with Crippen LogP contribution < -0.4 is 0 Å². The van der Waals surface area contributed by atoms with E-state index in [1.807, 2.05) is 0 Å². The van der Waals surface area contributed by atoms with Gasteiger partial charge in [0.15, 0.2) is 6.61 Å². The fraction of sp³-hybridized carbons (Fsp3) is 0.600. The number of hydrogen-bond donors (Lipinski definition) is 2. The summed E-state index contributed by atoms with van der Waals surface area (Å²) in [5.74, 6) is -4.78. The largest absolute Gasteiger partial charge is 0.479 e. The molecule has 114 valence electrons. The Hall–Kier alpha value is -2.20. The van der Waals surface area contributed by atoms with E-state index in [0.717, 1.165) is 7.11 Å². The van der Waals surface area contributed by atoms with E-state index in [1.165, 1.54) is 0 Å². The zero-order chi connectivity index (χ0) is 15.5. The molecule has 0 aliphatic rings. The molecule has 0 bridgehead atoms. The van der Waals surface area contributed by atoms with Crippen LogP contribution in [-0.2, 0) is 38.1 Å². The molecule has 0 radical (unpaired) electrons. The molecule has 0 amide bonds. The lowest BCUT2D eigenvalue weighted by Crippen LogP contribution is -2.35. The summed E-state index contributed by atoms with van der Waals surface area (Å²) < 4.78 is 17.9. The number of rotatable bonds is 10. The summed E-state index contributed by atoms with van der Waals surface area (Å²) in [6.07, 6.45) is -1.78. The lowest BCUT2D eigenvalue weighted by molar-refractivity contribution is -0.170. The maximum Gasteiger partial charge on any atom is 0.346 e. The summed E-state index contributed by atoms with van der Waals surface area (Å²) in [5, 5.41) is 16.9. The topological polar surface area (TPSA) is 146 Å². The summed E-state index contributed by atoms with van der Waals surface area (Å²) in [5.41, 5.74) is 0. The maximum atomic E-state index is 11.0. The van der Waals surface area contributed by atoms with Gasteiger partial charge in [-0.1, -0.05) is 0 Å². The first-order chi connectivity index (χ1) is 9.38. The van der Waals surface area contributed by atoms with Crippen LogP contribution in [0.4, 0.5) is 0 Å². The van der Waals surface area contributed by atoms with Crippen molar-refractivity contribution in [1.29, 1.82) is 0 Å². The third-order valence-corrected chi connectivity index (χ3v) is 1.73. The van der Waals surface area contributed by atoms with Crippen molar-refractivity contribution in [2.45, 2.75) is 6.10 Å². The maximum absolute atomic E-state index is 11.0. The number of carbonyl (C=O) groups is 4. The average Bonchev–Trinajstić information content (AvgIpc) is 2.39. The molecule has 0 saturated carbocycles. The minimum Gasteiger partial charge on any atom is -0.479 e. The van der Waals surface area contributed by atoms with Crippen LogP contribution >= 0.6 is 0 Å². The molecule has 10 heteroatoms. The molecule has 0 rings (SSSR count). The summed E-state index contributed by atoms with van der Waals surface area (Å²) in [6, 6.07) is 0. The molecular formula is C10H14O10. The normalized spacial score (nSPS) is 11.4. The first kappa shape index (κ1) is 17.8. The highest BCUT2D eigenvalue weighted by atomic mass is 16.6. The number of hydrogen-bond acceptors (Lipinski definition) is 8. The Labute approximate surface area is 113 Å². The number of esters is 2. The minimum atomic E-state index is -1.78. The monoisotopic (exact) mass is 294 g/mol. The molecular weight excluding hydrogens is 280 g/mol. The number of carbonyl (C=O) groups excluding carboxylic acids is 2. The van der Waals surface area contributed by atoms with Crippen LogP contribution in [0.5, 0.6) is 0 Å². The smallest absolute Gasteiger partial charge is 0.346 e. The Morgan fingerprint density at radius 1 is 1.05 bits per heavy atom. The number of methoxy groups -OCH3 is 1. The van der Waals surface area contributed by atoms with Gasteiger partial charge in [0.25, 0.3) is 6.10 Å². The van der Waals surface area contributed by atoms with Gasteiger partial charge in [0.05, 0.1) is 20.3 Å². The van der Waals surface area contributed by atoms with Crippen molar-refractivity contribution in [2.24, 2.45) is 0 Å². The molecule has 10 nitrogen and oxygen atoms in total. The van der Waals surface area contributed by atoms with Crippen molar-refractivity contribution in [3.63, 3.8) is 0 Å². The molecule has 0 spiro atoms. The van der Waals surface area contributed by atoms with Gasteiger partial charge in [-0.25, -0.2) is 19.2 Å². The molecule has 0 aromatic heterocycles. The first-order valence-electron chi connectivity index (χ1n) is 5.26. The molecule has 0 fully saturated rings. The quantitative estimate of drug-likeness (QED) is 0.271. The van der Waals surface area contributed by atoms with Crippen molar-refractivity contribution in [1.82, 2.24) is 0 Å². The Morgan fingerprint density at radius 2 is 1.70 bits per heavy atom. The van der Waals surface area contributed by atoms with Crippen LogP contribution in [0.1, 0.15) is 0 Å². The van der Waals surface area contributed by atoms with Crippen LogP contribution in [0.15, 0.2) is 0 Å². The Kier molecular flexibility index (Phi) is 8.63. The van der Waals surface area contributed by atoms with E-state index in [1.54, 1.807) is 0 Å². The van der Waals surface area contributed by atoms with Gasteiger partial charge >= 0.3 is 23.9 Å². The average molecular weight is 294 g/mol. The summed E-state index contributed by atoms with van der Waals surface area (Å²) in [4.78, 5) is 42.6. The van der Waals surface area contributed by atoms with E-state index in [4.69, 9.17) is 19.7 Å². The van der Waals surface area contributed by atoms with Gasteiger partial charge in [-0.3, -0.25) is 0 Å². The predicted molar refractivity (Wildman–Crippen MR) is 58.8 cm³/mol. The number of carboxylic acid groups (broad SMARTS) is 2. The van der Waals surface area contributed by atoms with Gasteiger partial charge in [0.2, 0.25) is 0 Å². The predicted octanol–water partition coefficient (Wildman–Crippen LogP) is -1.73. The highest BCUT2D eigenvalue weighted by Gasteiger charge is 2.27. The van der Waals surface area contributed by atoms with E-state index >= 15 is 0 Å². The molecule has 0 aliphatic carbocycles. The van der Waals surface area contributed by atoms with Crippen molar-refractivity contribution >= 4 is 23.9 Å². The molecule has 0 heterocycles. The van der Waals surface area contributed by atoms with Gasteiger partial charge in [-0.05, 0) is 0 Å². The SMILES string of the molecule is COC(=O)C(OCCOCC(=O)OCC(=O)O)C(=O)O. The number of ether oxygens (including phenoxy) is 4. The van der Waals surface area contributed by atoms with Crippen LogP contribution in [-0.4, -0.2) is 73.7 Å². The molecule has 20 heavy (non-hydrogen) atoms. The minimum absolute atomic E-state index is 0.192. The third-order valence-electron chi connectivity index (χ3n) is 1.73. The summed E-state index contributed by atoms with van der Waals surface area (Å²) in [6.45, 7) is -1.77. The first-order valence-corrected chi connectivity index (χ1v) is 5.26. The summed E-state index contributed by atoms with van der Waals surface area (Å²) in [7, 11) is 1.01. The highest BCUT2D eigenvalue weighted by Crippen LogP contribution is 1.96. The third kappa shape index (κ3) is 8.00. The van der Waals surface area contributed by atoms with Gasteiger partial charge in [-0.2, -0.15) is 0 Å². The highest BCUT2D eigenvalue weighted by molar-refractivity contribution is 5.96. The van der Waals surface area contributed by atoms with Gasteiger partial charge in [-0.15, -0.1) is 0 Å². The van der Waals surface area contributed by atoms with Crippen molar-refractivity contribution < 1.29 is 48.3 Å². The molecule has 0 saturated heterocycles. The van der Waals surface area contributed by atoms with Gasteiger partial charge in [0.1, 0.15) is 6.61 Å². The van der Waals surface area contributed by atoms with E-state index in [9.17, 15) is 19.2 Å². The second kappa shape index (κ2) is 9.69. The van der Waals surface area contributed by atoms with E-state index in [2.05, 4.69) is 9.47 Å². The molecule has 0 aromatic carbocycles. The lowest BCUT2D eigenvalue weighted by atomic mass is 10.4. The molecule has 1 atom stereocenters. The fourth-order valence-corrected chi connectivity index (χ4v) is 0.911. The standard InChI is InChI=1S/C10H14O10/c1-17-10(16)8(9(14)15)19-3-2-18-5-7(13)20-4-6(11)12/h8H,2-5H2,1H3,(H,11,12)(H,14,15). The molecule has 1 unspecified atom stereocenters. The molecule has 0 aliphatic heterocycles. The van der Waals surface area contributed by atoms with Crippen molar-refractivity contribution in [3.05, 3.63) is 0 Å². The van der Waals surface area contributed by atoms with Crippen LogP contribution in [0.25, 0.3) is 0 Å². The van der Waals surface area contributed by atoms with Gasteiger partial charge < -0.3 is 29.2 Å². The van der Waals surface area contributed by atoms with E-state index in [-0.39, 0.29) is 13.2 Å². The molecule has 2 N–H and O–H groups in total. The molecule has 0 aromatic rings. The fourth-order valence-electron chi connectivity index (χ4n) is 0.911. The van der Waals surface area contributed by atoms with E-state index in [0.29, 0.717) is 0 Å². The Morgan fingerprint density at radius 3 is 2.20 bits per heavy atom.